The molecule has 7 nitrogen and oxygen atoms in total. The van der Waals surface area contributed by atoms with Crippen LogP contribution in [0.25, 0.3) is 0 Å². The number of amides is 1. The number of carbonyl (C=O) groups is 1. The van der Waals surface area contributed by atoms with Crippen LogP contribution in [0, 0.1) is 16.7 Å². The summed E-state index contributed by atoms with van der Waals surface area (Å²) in [6.45, 7) is 2.49. The fourth-order valence-corrected chi connectivity index (χ4v) is 5.84. The molecule has 7 heteroatoms. The van der Waals surface area contributed by atoms with Crippen molar-refractivity contribution in [1.29, 1.82) is 0 Å². The van der Waals surface area contributed by atoms with Crippen LogP contribution >= 0.6 is 0 Å². The Morgan fingerprint density at radius 3 is 2.91 bits per heavy atom. The summed E-state index contributed by atoms with van der Waals surface area (Å²) in [7, 11) is 0. The molecule has 4 aliphatic carbocycles. The summed E-state index contributed by atoms with van der Waals surface area (Å²) in [6, 6.07) is 0. The monoisotopic (exact) mass is 305 g/mol. The minimum Gasteiger partial charge on any atom is -0.390 e. The van der Waals surface area contributed by atoms with Gasteiger partial charge < -0.3 is 10.4 Å². The lowest BCUT2D eigenvalue weighted by Gasteiger charge is -2.64. The molecule has 0 aliphatic heterocycles. The van der Waals surface area contributed by atoms with E-state index in [4.69, 9.17) is 0 Å². The van der Waals surface area contributed by atoms with Gasteiger partial charge in [0.1, 0.15) is 0 Å². The molecule has 0 saturated heterocycles. The highest BCUT2D eigenvalue weighted by atomic mass is 16.3. The number of aliphatic hydroxyl groups is 1. The summed E-state index contributed by atoms with van der Waals surface area (Å²) < 4.78 is 0. The van der Waals surface area contributed by atoms with Gasteiger partial charge in [0.25, 0.3) is 0 Å². The van der Waals surface area contributed by atoms with E-state index in [0.717, 1.165) is 32.1 Å². The van der Waals surface area contributed by atoms with Gasteiger partial charge in [-0.15, -0.1) is 10.2 Å². The standard InChI is InChI=1S/C15H23N5O2/c1-2-13-3-10-4-14(7-13,9-15(22,5-10)8-13)12(21)16-6-11-17-19-20-18-11/h10,22H,2-9H2,1H3,(H,16,21)(H,17,18,19,20)/t10-,13-,14+,15+/m0/s1. The summed E-state index contributed by atoms with van der Waals surface area (Å²) in [5.74, 6) is 1.02. The molecule has 1 aromatic rings. The third kappa shape index (κ3) is 2.06. The van der Waals surface area contributed by atoms with Crippen LogP contribution in [-0.4, -0.2) is 37.2 Å². The van der Waals surface area contributed by atoms with Gasteiger partial charge in [-0.1, -0.05) is 18.6 Å². The van der Waals surface area contributed by atoms with Crippen LogP contribution < -0.4 is 5.32 Å². The van der Waals surface area contributed by atoms with E-state index in [1.807, 2.05) is 0 Å². The van der Waals surface area contributed by atoms with Gasteiger partial charge in [0.05, 0.1) is 17.6 Å². The minimum atomic E-state index is -0.640. The summed E-state index contributed by atoms with van der Waals surface area (Å²) in [5.41, 5.74) is -0.898. The molecule has 22 heavy (non-hydrogen) atoms. The number of aromatic amines is 1. The van der Waals surface area contributed by atoms with Gasteiger partial charge in [0, 0.05) is 0 Å². The molecule has 4 saturated carbocycles. The fourth-order valence-electron chi connectivity index (χ4n) is 5.84. The molecule has 1 amide bonds. The zero-order valence-electron chi connectivity index (χ0n) is 12.9. The highest BCUT2D eigenvalue weighted by Gasteiger charge is 2.64. The van der Waals surface area contributed by atoms with Crippen molar-refractivity contribution in [1.82, 2.24) is 25.9 Å². The van der Waals surface area contributed by atoms with Crippen LogP contribution in [-0.2, 0) is 11.3 Å². The van der Waals surface area contributed by atoms with Gasteiger partial charge in [-0.3, -0.25) is 4.79 Å². The molecule has 120 valence electrons. The van der Waals surface area contributed by atoms with Crippen molar-refractivity contribution in [3.8, 4) is 0 Å². The molecule has 4 bridgehead atoms. The third-order valence-electron chi connectivity index (χ3n) is 6.18. The van der Waals surface area contributed by atoms with E-state index in [1.165, 1.54) is 6.42 Å². The lowest BCUT2D eigenvalue weighted by molar-refractivity contribution is -0.204. The van der Waals surface area contributed by atoms with Crippen molar-refractivity contribution >= 4 is 5.91 Å². The van der Waals surface area contributed by atoms with E-state index in [9.17, 15) is 9.90 Å². The SMILES string of the molecule is CC[C@@]12C[C@@H]3C[C@@](O)(C1)C[C@@](C(=O)NCc1nn[nH]n1)(C3)C2. The molecular weight excluding hydrogens is 282 g/mol. The van der Waals surface area contributed by atoms with Crippen LogP contribution in [0.5, 0.6) is 0 Å². The maximum atomic E-state index is 12.9. The average Bonchev–Trinajstić information content (AvgIpc) is 2.95. The molecule has 5 rings (SSSR count). The van der Waals surface area contributed by atoms with E-state index in [1.54, 1.807) is 0 Å². The number of tetrazole rings is 1. The number of aromatic nitrogens is 4. The van der Waals surface area contributed by atoms with Crippen molar-refractivity contribution in [3.05, 3.63) is 5.82 Å². The Bertz CT molecular complexity index is 591. The minimum absolute atomic E-state index is 0.0534. The first kappa shape index (κ1) is 14.1. The van der Waals surface area contributed by atoms with Crippen LogP contribution in [0.2, 0.25) is 0 Å². The normalized spacial score (nSPS) is 42.5. The molecule has 0 radical (unpaired) electrons. The number of hydrogen-bond donors (Lipinski definition) is 3. The largest absolute Gasteiger partial charge is 0.390 e. The highest BCUT2D eigenvalue weighted by molar-refractivity contribution is 5.83. The molecule has 3 N–H and O–H groups in total. The second kappa shape index (κ2) is 4.50. The van der Waals surface area contributed by atoms with Crippen molar-refractivity contribution < 1.29 is 9.90 Å². The van der Waals surface area contributed by atoms with Gasteiger partial charge in [0.2, 0.25) is 5.91 Å². The van der Waals surface area contributed by atoms with E-state index in [2.05, 4.69) is 32.9 Å². The summed E-state index contributed by atoms with van der Waals surface area (Å²) in [6.07, 6.45) is 6.39. The van der Waals surface area contributed by atoms with Crippen LogP contribution in [0.15, 0.2) is 0 Å². The molecule has 4 fully saturated rings. The Morgan fingerprint density at radius 2 is 2.23 bits per heavy atom. The first-order valence-corrected chi connectivity index (χ1v) is 8.20. The van der Waals surface area contributed by atoms with E-state index < -0.39 is 11.0 Å². The van der Waals surface area contributed by atoms with E-state index >= 15 is 0 Å². The van der Waals surface area contributed by atoms with E-state index in [-0.39, 0.29) is 11.3 Å². The number of nitrogens with zero attached hydrogens (tertiary/aromatic N) is 3. The molecule has 0 aromatic carbocycles. The second-order valence-electron chi connectivity index (χ2n) is 7.88. The molecule has 0 spiro atoms. The van der Waals surface area contributed by atoms with Gasteiger partial charge in [-0.25, -0.2) is 0 Å². The predicted octanol–water partition coefficient (Wildman–Crippen LogP) is 0.927. The molecular formula is C15H23N5O2. The predicted molar refractivity (Wildman–Crippen MR) is 77.3 cm³/mol. The lowest BCUT2D eigenvalue weighted by Crippen LogP contribution is -2.63. The summed E-state index contributed by atoms with van der Waals surface area (Å²) in [5, 5.41) is 27.5. The quantitative estimate of drug-likeness (QED) is 0.767. The van der Waals surface area contributed by atoms with Crippen molar-refractivity contribution in [2.75, 3.05) is 0 Å². The van der Waals surface area contributed by atoms with E-state index in [0.29, 0.717) is 24.7 Å². The van der Waals surface area contributed by atoms with Gasteiger partial charge >= 0.3 is 0 Å². The first-order chi connectivity index (χ1) is 10.5. The zero-order valence-corrected chi connectivity index (χ0v) is 12.9. The van der Waals surface area contributed by atoms with Crippen molar-refractivity contribution in [2.24, 2.45) is 16.7 Å². The maximum Gasteiger partial charge on any atom is 0.226 e. The highest BCUT2D eigenvalue weighted by Crippen LogP contribution is 2.67. The first-order valence-electron chi connectivity index (χ1n) is 8.20. The topological polar surface area (TPSA) is 104 Å². The molecule has 4 atom stereocenters. The molecule has 4 aliphatic rings. The van der Waals surface area contributed by atoms with Gasteiger partial charge in [-0.05, 0) is 49.9 Å². The Hall–Kier alpha value is -1.50. The molecule has 1 aromatic heterocycles. The number of H-pyrrole nitrogens is 1. The Morgan fingerprint density at radius 1 is 1.36 bits per heavy atom. The number of carbonyl (C=O) groups excluding carboxylic acids is 1. The molecule has 0 unspecified atom stereocenters. The van der Waals surface area contributed by atoms with Crippen LogP contribution in [0.4, 0.5) is 0 Å². The van der Waals surface area contributed by atoms with Crippen LogP contribution in [0.1, 0.15) is 57.7 Å². The molecule has 1 heterocycles. The fraction of sp³-hybridized carbons (Fsp3) is 0.867. The summed E-state index contributed by atoms with van der Waals surface area (Å²) in [4.78, 5) is 12.9. The Balaban J connectivity index is 1.56. The summed E-state index contributed by atoms with van der Waals surface area (Å²) >= 11 is 0. The van der Waals surface area contributed by atoms with Gasteiger partial charge in [-0.2, -0.15) is 5.21 Å². The Labute approximate surface area is 129 Å². The van der Waals surface area contributed by atoms with Crippen molar-refractivity contribution in [3.63, 3.8) is 0 Å². The Kier molecular flexibility index (Phi) is 2.89. The lowest BCUT2D eigenvalue weighted by atomic mass is 9.42. The zero-order chi connectivity index (χ0) is 15.4. The maximum absolute atomic E-state index is 12.9. The number of hydrogen-bond acceptors (Lipinski definition) is 5. The number of nitrogens with one attached hydrogen (secondary N) is 2. The van der Waals surface area contributed by atoms with Gasteiger partial charge in [0.15, 0.2) is 5.82 Å². The smallest absolute Gasteiger partial charge is 0.226 e. The number of rotatable bonds is 4. The second-order valence-corrected chi connectivity index (χ2v) is 7.88. The van der Waals surface area contributed by atoms with Crippen LogP contribution in [0.3, 0.4) is 0 Å². The van der Waals surface area contributed by atoms with Crippen molar-refractivity contribution in [2.45, 2.75) is 64.0 Å². The third-order valence-corrected chi connectivity index (χ3v) is 6.18. The average molecular weight is 305 g/mol.